The summed E-state index contributed by atoms with van der Waals surface area (Å²) in [5.41, 5.74) is 3.71. The second-order valence-electron chi connectivity index (χ2n) is 4.48. The summed E-state index contributed by atoms with van der Waals surface area (Å²) in [6, 6.07) is 0. The van der Waals surface area contributed by atoms with Crippen LogP contribution in [0.15, 0.2) is 5.10 Å². The summed E-state index contributed by atoms with van der Waals surface area (Å²) in [4.78, 5) is 12.0. The molecule has 21 heavy (non-hydrogen) atoms. The molecule has 0 bridgehead atoms. The Morgan fingerprint density at radius 3 is 2.38 bits per heavy atom. The number of carbonyl (C=O) groups excluding carboxylic acids is 1. The SMILES string of the molecule is Cc1nn(C)c(C(=O)NN=Cc2c(C)nn(C)c2F)c1Cl. The number of nitrogens with zero attached hydrogens (tertiary/aromatic N) is 5. The number of nitrogens with one attached hydrogen (secondary N) is 1. The molecule has 0 aliphatic rings. The second kappa shape index (κ2) is 5.65. The van der Waals surface area contributed by atoms with Crippen LogP contribution < -0.4 is 5.43 Å². The third-order valence-electron chi connectivity index (χ3n) is 2.92. The maximum atomic E-state index is 13.7. The lowest BCUT2D eigenvalue weighted by molar-refractivity contribution is 0.0946. The van der Waals surface area contributed by atoms with Gasteiger partial charge >= 0.3 is 0 Å². The fourth-order valence-corrected chi connectivity index (χ4v) is 2.13. The average molecular weight is 313 g/mol. The number of hydrogen-bond donors (Lipinski definition) is 1. The van der Waals surface area contributed by atoms with E-state index in [0.717, 1.165) is 4.68 Å². The van der Waals surface area contributed by atoms with Crippen molar-refractivity contribution in [1.82, 2.24) is 25.0 Å². The molecule has 0 fully saturated rings. The summed E-state index contributed by atoms with van der Waals surface area (Å²) < 4.78 is 16.1. The molecule has 0 saturated carbocycles. The number of halogens is 2. The van der Waals surface area contributed by atoms with Crippen molar-refractivity contribution in [2.45, 2.75) is 13.8 Å². The fourth-order valence-electron chi connectivity index (χ4n) is 1.88. The molecule has 0 atom stereocenters. The van der Waals surface area contributed by atoms with E-state index in [-0.39, 0.29) is 16.3 Å². The van der Waals surface area contributed by atoms with Gasteiger partial charge in [0.2, 0.25) is 5.95 Å². The van der Waals surface area contributed by atoms with Crippen LogP contribution in [-0.4, -0.2) is 31.7 Å². The molecule has 0 saturated heterocycles. The highest BCUT2D eigenvalue weighted by Gasteiger charge is 2.18. The van der Waals surface area contributed by atoms with Crippen molar-refractivity contribution in [3.8, 4) is 0 Å². The lowest BCUT2D eigenvalue weighted by Gasteiger charge is -2.00. The summed E-state index contributed by atoms with van der Waals surface area (Å²) in [5.74, 6) is -1.05. The van der Waals surface area contributed by atoms with E-state index in [0.29, 0.717) is 11.4 Å². The molecule has 1 amide bonds. The van der Waals surface area contributed by atoms with E-state index in [2.05, 4.69) is 20.7 Å². The third kappa shape index (κ3) is 2.80. The van der Waals surface area contributed by atoms with E-state index < -0.39 is 11.9 Å². The summed E-state index contributed by atoms with van der Waals surface area (Å²) >= 11 is 5.99. The van der Waals surface area contributed by atoms with Crippen LogP contribution in [0.3, 0.4) is 0 Å². The smallest absolute Gasteiger partial charge is 0.266 e. The minimum Gasteiger partial charge on any atom is -0.266 e. The van der Waals surface area contributed by atoms with Gasteiger partial charge in [0.15, 0.2) is 0 Å². The highest BCUT2D eigenvalue weighted by atomic mass is 35.5. The Morgan fingerprint density at radius 2 is 1.90 bits per heavy atom. The van der Waals surface area contributed by atoms with Gasteiger partial charge in [-0.3, -0.25) is 9.48 Å². The Labute approximate surface area is 125 Å². The van der Waals surface area contributed by atoms with Crippen LogP contribution in [0.5, 0.6) is 0 Å². The molecule has 1 N–H and O–H groups in total. The quantitative estimate of drug-likeness (QED) is 0.686. The fraction of sp³-hybridized carbons (Fsp3) is 0.333. The minimum atomic E-state index is -0.528. The van der Waals surface area contributed by atoms with E-state index in [1.807, 2.05) is 0 Å². The van der Waals surface area contributed by atoms with Crippen molar-refractivity contribution in [2.24, 2.45) is 19.2 Å². The van der Waals surface area contributed by atoms with E-state index in [9.17, 15) is 9.18 Å². The van der Waals surface area contributed by atoms with Crippen molar-refractivity contribution in [1.29, 1.82) is 0 Å². The topological polar surface area (TPSA) is 77.1 Å². The van der Waals surface area contributed by atoms with E-state index >= 15 is 0 Å². The van der Waals surface area contributed by atoms with Crippen LogP contribution in [-0.2, 0) is 14.1 Å². The number of aryl methyl sites for hydroxylation is 4. The number of hydrogen-bond acceptors (Lipinski definition) is 4. The molecular weight excluding hydrogens is 299 g/mol. The maximum Gasteiger partial charge on any atom is 0.291 e. The number of rotatable bonds is 3. The van der Waals surface area contributed by atoms with Gasteiger partial charge in [0.1, 0.15) is 5.69 Å². The highest BCUT2D eigenvalue weighted by Crippen LogP contribution is 2.19. The number of carbonyl (C=O) groups is 1. The van der Waals surface area contributed by atoms with Crippen molar-refractivity contribution in [3.05, 3.63) is 33.6 Å². The second-order valence-corrected chi connectivity index (χ2v) is 4.86. The van der Waals surface area contributed by atoms with Gasteiger partial charge in [-0.25, -0.2) is 10.1 Å². The zero-order valence-electron chi connectivity index (χ0n) is 12.0. The Kier molecular flexibility index (Phi) is 4.08. The molecule has 0 aliphatic carbocycles. The monoisotopic (exact) mass is 312 g/mol. The van der Waals surface area contributed by atoms with E-state index in [1.54, 1.807) is 20.9 Å². The van der Waals surface area contributed by atoms with Gasteiger partial charge in [0.25, 0.3) is 5.91 Å². The molecule has 0 unspecified atom stereocenters. The van der Waals surface area contributed by atoms with Crippen LogP contribution in [0.25, 0.3) is 0 Å². The Hall–Kier alpha value is -2.22. The lowest BCUT2D eigenvalue weighted by Crippen LogP contribution is -2.21. The molecule has 112 valence electrons. The van der Waals surface area contributed by atoms with Gasteiger partial charge in [0.05, 0.1) is 28.2 Å². The molecule has 9 heteroatoms. The zero-order chi connectivity index (χ0) is 15.7. The molecule has 2 heterocycles. The molecule has 0 aromatic carbocycles. The van der Waals surface area contributed by atoms with Gasteiger partial charge < -0.3 is 0 Å². The van der Waals surface area contributed by atoms with Gasteiger partial charge in [-0.15, -0.1) is 0 Å². The average Bonchev–Trinajstić information content (AvgIpc) is 2.79. The third-order valence-corrected chi connectivity index (χ3v) is 3.37. The zero-order valence-corrected chi connectivity index (χ0v) is 12.7. The van der Waals surface area contributed by atoms with Crippen molar-refractivity contribution < 1.29 is 9.18 Å². The first-order valence-corrected chi connectivity index (χ1v) is 6.42. The van der Waals surface area contributed by atoms with Crippen molar-refractivity contribution in [2.75, 3.05) is 0 Å². The van der Waals surface area contributed by atoms with Crippen LogP contribution in [0, 0.1) is 19.8 Å². The van der Waals surface area contributed by atoms with E-state index in [4.69, 9.17) is 11.6 Å². The molecule has 0 aliphatic heterocycles. The largest absolute Gasteiger partial charge is 0.291 e. The molecule has 0 spiro atoms. The summed E-state index contributed by atoms with van der Waals surface area (Å²) in [6.45, 7) is 3.34. The maximum absolute atomic E-state index is 13.7. The van der Waals surface area contributed by atoms with Crippen LogP contribution in [0.4, 0.5) is 4.39 Å². The lowest BCUT2D eigenvalue weighted by atomic mass is 10.3. The first kappa shape index (κ1) is 15.2. The van der Waals surface area contributed by atoms with Gasteiger partial charge in [-0.2, -0.15) is 19.7 Å². The number of amides is 1. The van der Waals surface area contributed by atoms with Gasteiger partial charge in [0, 0.05) is 14.1 Å². The number of hydrazone groups is 1. The predicted molar refractivity (Wildman–Crippen MR) is 75.9 cm³/mol. The van der Waals surface area contributed by atoms with Crippen LogP contribution >= 0.6 is 11.6 Å². The molecule has 7 nitrogen and oxygen atoms in total. The molecular formula is C12H14ClFN6O. The van der Waals surface area contributed by atoms with Crippen molar-refractivity contribution >= 4 is 23.7 Å². The standard InChI is InChI=1S/C12H14ClFN6O/c1-6-8(11(14)20(4)17-6)5-15-16-12(21)10-9(13)7(2)18-19(10)3/h5H,1-4H3,(H,16,21). The Balaban J connectivity index is 2.16. The van der Waals surface area contributed by atoms with E-state index in [1.165, 1.54) is 17.9 Å². The Morgan fingerprint density at radius 1 is 1.29 bits per heavy atom. The molecule has 2 rings (SSSR count). The van der Waals surface area contributed by atoms with Crippen molar-refractivity contribution in [3.63, 3.8) is 0 Å². The first-order chi connectivity index (χ1) is 9.82. The molecule has 2 aromatic heterocycles. The summed E-state index contributed by atoms with van der Waals surface area (Å²) in [7, 11) is 3.08. The number of aromatic nitrogens is 4. The van der Waals surface area contributed by atoms with Gasteiger partial charge in [-0.1, -0.05) is 11.6 Å². The summed E-state index contributed by atoms with van der Waals surface area (Å²) in [5, 5.41) is 11.9. The predicted octanol–water partition coefficient (Wildman–Crippen LogP) is 1.33. The molecule has 0 radical (unpaired) electrons. The Bertz CT molecular complexity index is 733. The van der Waals surface area contributed by atoms with Crippen LogP contribution in [0.2, 0.25) is 5.02 Å². The van der Waals surface area contributed by atoms with Gasteiger partial charge in [-0.05, 0) is 13.8 Å². The molecule has 2 aromatic rings. The normalized spacial score (nSPS) is 11.3. The highest BCUT2D eigenvalue weighted by molar-refractivity contribution is 6.34. The summed E-state index contributed by atoms with van der Waals surface area (Å²) in [6.07, 6.45) is 1.20. The first-order valence-electron chi connectivity index (χ1n) is 6.04. The van der Waals surface area contributed by atoms with Crippen LogP contribution in [0.1, 0.15) is 27.4 Å². The minimum absolute atomic E-state index is 0.190.